The molecule has 4 aromatic rings. The zero-order chi connectivity index (χ0) is 27.9. The third-order valence-electron chi connectivity index (χ3n) is 6.73. The molecule has 1 aliphatic carbocycles. The SMILES string of the molecule is C=C1CCc2c(Cn3nc(-c4ccc(Cl)cc4)n(C[C@H](O)C(F)(F)F)c3=O)nn(Cc3ccccc3Cl)c2C1. The van der Waals surface area contributed by atoms with Crippen LogP contribution in [0.5, 0.6) is 0 Å². The molecule has 2 aromatic heterocycles. The summed E-state index contributed by atoms with van der Waals surface area (Å²) in [5, 5.41) is 19.9. The van der Waals surface area contributed by atoms with Gasteiger partial charge in [-0.3, -0.25) is 9.25 Å². The van der Waals surface area contributed by atoms with E-state index < -0.39 is 24.5 Å². The quantitative estimate of drug-likeness (QED) is 0.303. The molecule has 0 radical (unpaired) electrons. The van der Waals surface area contributed by atoms with Crippen LogP contribution < -0.4 is 5.69 Å². The minimum absolute atomic E-state index is 0.0160. The molecule has 0 fully saturated rings. The van der Waals surface area contributed by atoms with Gasteiger partial charge in [-0.25, -0.2) is 9.48 Å². The lowest BCUT2D eigenvalue weighted by Gasteiger charge is -2.17. The topological polar surface area (TPSA) is 77.9 Å². The van der Waals surface area contributed by atoms with Gasteiger partial charge in [0, 0.05) is 27.7 Å². The molecule has 0 spiro atoms. The molecule has 7 nitrogen and oxygen atoms in total. The smallest absolute Gasteiger partial charge is 0.382 e. The van der Waals surface area contributed by atoms with E-state index in [1.165, 1.54) is 0 Å². The van der Waals surface area contributed by atoms with Crippen molar-refractivity contribution in [3.8, 4) is 11.4 Å². The average Bonchev–Trinajstić information content (AvgIpc) is 3.37. The number of benzene rings is 2. The Morgan fingerprint density at radius 2 is 1.72 bits per heavy atom. The van der Waals surface area contributed by atoms with E-state index in [-0.39, 0.29) is 12.4 Å². The van der Waals surface area contributed by atoms with Gasteiger partial charge in [0.15, 0.2) is 11.9 Å². The molecule has 0 saturated carbocycles. The van der Waals surface area contributed by atoms with Crippen molar-refractivity contribution in [2.75, 3.05) is 0 Å². The van der Waals surface area contributed by atoms with Crippen molar-refractivity contribution in [2.45, 2.75) is 51.2 Å². The van der Waals surface area contributed by atoms with Crippen molar-refractivity contribution in [3.63, 3.8) is 0 Å². The Morgan fingerprint density at radius 1 is 1.00 bits per heavy atom. The molecule has 0 bridgehead atoms. The highest BCUT2D eigenvalue weighted by molar-refractivity contribution is 6.31. The number of halogens is 5. The van der Waals surface area contributed by atoms with E-state index in [4.69, 9.17) is 28.3 Å². The van der Waals surface area contributed by atoms with Gasteiger partial charge < -0.3 is 5.11 Å². The van der Waals surface area contributed by atoms with Gasteiger partial charge in [-0.1, -0.05) is 53.6 Å². The van der Waals surface area contributed by atoms with Crippen LogP contribution in [-0.4, -0.2) is 41.5 Å². The van der Waals surface area contributed by atoms with E-state index in [9.17, 15) is 23.1 Å². The minimum Gasteiger partial charge on any atom is -0.382 e. The first-order valence-electron chi connectivity index (χ1n) is 12.2. The first-order chi connectivity index (χ1) is 18.5. The van der Waals surface area contributed by atoms with Gasteiger partial charge >= 0.3 is 11.9 Å². The standard InChI is InChI=1S/C27H24Cl2F3N5O2/c1-16-6-11-20-22(33-36(23(20)12-16)13-18-4-2-3-5-21(18)29)14-37-26(39)35(15-24(38)27(30,31)32)25(34-37)17-7-9-19(28)10-8-17/h2-5,7-10,24,38H,1,6,11-15H2/t24-/m0/s1. The van der Waals surface area contributed by atoms with Gasteiger partial charge in [-0.05, 0) is 54.3 Å². The average molecular weight is 578 g/mol. The second-order valence-corrected chi connectivity index (χ2v) is 10.3. The molecular formula is C27H24Cl2F3N5O2. The van der Waals surface area contributed by atoms with Crippen molar-refractivity contribution in [3.05, 3.63) is 104 Å². The lowest BCUT2D eigenvalue weighted by Crippen LogP contribution is -2.37. The number of nitrogens with zero attached hydrogens (tertiary/aromatic N) is 5. The van der Waals surface area contributed by atoms with E-state index in [0.717, 1.165) is 38.1 Å². The van der Waals surface area contributed by atoms with Crippen molar-refractivity contribution in [2.24, 2.45) is 0 Å². The number of rotatable bonds is 7. The monoisotopic (exact) mass is 577 g/mol. The third kappa shape index (κ3) is 5.68. The third-order valence-corrected chi connectivity index (χ3v) is 7.35. The van der Waals surface area contributed by atoms with Gasteiger partial charge in [-0.15, -0.1) is 5.10 Å². The number of aromatic nitrogens is 5. The number of hydrogen-bond donors (Lipinski definition) is 1. The molecule has 2 aromatic carbocycles. The number of fused-ring (bicyclic) bond motifs is 1. The highest BCUT2D eigenvalue weighted by atomic mass is 35.5. The van der Waals surface area contributed by atoms with Crippen LogP contribution in [0.1, 0.15) is 28.9 Å². The van der Waals surface area contributed by atoms with Crippen molar-refractivity contribution in [1.29, 1.82) is 0 Å². The van der Waals surface area contributed by atoms with E-state index >= 15 is 0 Å². The van der Waals surface area contributed by atoms with Crippen LogP contribution in [0.25, 0.3) is 11.4 Å². The summed E-state index contributed by atoms with van der Waals surface area (Å²) >= 11 is 12.3. The molecular weight excluding hydrogens is 554 g/mol. The fraction of sp³-hybridized carbons (Fsp3) is 0.296. The van der Waals surface area contributed by atoms with Gasteiger partial charge in [0.25, 0.3) is 0 Å². The summed E-state index contributed by atoms with van der Waals surface area (Å²) in [6.07, 6.45) is -5.61. The largest absolute Gasteiger partial charge is 0.416 e. The molecule has 0 saturated heterocycles. The summed E-state index contributed by atoms with van der Waals surface area (Å²) in [4.78, 5) is 13.4. The maximum atomic E-state index is 13.4. The Morgan fingerprint density at radius 3 is 2.41 bits per heavy atom. The summed E-state index contributed by atoms with van der Waals surface area (Å²) in [6, 6.07) is 13.6. The molecule has 204 valence electrons. The van der Waals surface area contributed by atoms with Gasteiger partial charge in [0.1, 0.15) is 0 Å². The molecule has 5 rings (SSSR count). The summed E-state index contributed by atoms with van der Waals surface area (Å²) in [6.45, 7) is 3.48. The molecule has 0 amide bonds. The van der Waals surface area contributed by atoms with Gasteiger partial charge in [-0.2, -0.15) is 18.3 Å². The van der Waals surface area contributed by atoms with E-state index in [0.29, 0.717) is 40.7 Å². The fourth-order valence-corrected chi connectivity index (χ4v) is 5.01. The van der Waals surface area contributed by atoms with Crippen LogP contribution >= 0.6 is 23.2 Å². The Kier molecular flexibility index (Phi) is 7.45. The van der Waals surface area contributed by atoms with Gasteiger partial charge in [0.2, 0.25) is 0 Å². The Labute approximate surface area is 231 Å². The molecule has 1 aliphatic rings. The number of hydrogen-bond acceptors (Lipinski definition) is 4. The normalized spacial score (nSPS) is 14.5. The summed E-state index contributed by atoms with van der Waals surface area (Å²) in [5.41, 5.74) is 4.03. The van der Waals surface area contributed by atoms with E-state index in [1.54, 1.807) is 30.3 Å². The highest BCUT2D eigenvalue weighted by Gasteiger charge is 2.39. The minimum atomic E-state index is -4.90. The second-order valence-electron chi connectivity index (χ2n) is 9.49. The lowest BCUT2D eigenvalue weighted by atomic mass is 9.92. The fourth-order valence-electron chi connectivity index (χ4n) is 4.69. The number of alkyl halides is 3. The first kappa shape index (κ1) is 27.2. The molecule has 2 heterocycles. The van der Waals surface area contributed by atoms with Crippen molar-refractivity contribution < 1.29 is 18.3 Å². The zero-order valence-corrected chi connectivity index (χ0v) is 22.1. The molecule has 12 heteroatoms. The predicted octanol–water partition coefficient (Wildman–Crippen LogP) is 5.28. The molecule has 0 aliphatic heterocycles. The van der Waals surface area contributed by atoms with Crippen molar-refractivity contribution in [1.82, 2.24) is 24.1 Å². The van der Waals surface area contributed by atoms with Gasteiger partial charge in [0.05, 0.1) is 25.3 Å². The summed E-state index contributed by atoms with van der Waals surface area (Å²) < 4.78 is 43.3. The number of aliphatic hydroxyl groups excluding tert-OH is 1. The maximum absolute atomic E-state index is 13.4. The molecule has 0 unspecified atom stereocenters. The summed E-state index contributed by atoms with van der Waals surface area (Å²) in [7, 11) is 0. The second kappa shape index (κ2) is 10.7. The molecule has 1 atom stereocenters. The Bertz CT molecular complexity index is 1590. The summed E-state index contributed by atoms with van der Waals surface area (Å²) in [5.74, 6) is -0.0160. The van der Waals surface area contributed by atoms with Crippen LogP contribution in [0.2, 0.25) is 10.0 Å². The zero-order valence-electron chi connectivity index (χ0n) is 20.6. The Balaban J connectivity index is 1.56. The molecule has 1 N–H and O–H groups in total. The van der Waals surface area contributed by atoms with E-state index in [2.05, 4.69) is 11.7 Å². The van der Waals surface area contributed by atoms with Crippen LogP contribution in [0.3, 0.4) is 0 Å². The Hall–Kier alpha value is -3.34. The van der Waals surface area contributed by atoms with Crippen LogP contribution in [0.15, 0.2) is 65.5 Å². The van der Waals surface area contributed by atoms with Crippen molar-refractivity contribution >= 4 is 23.2 Å². The first-order valence-corrected chi connectivity index (χ1v) is 12.9. The van der Waals surface area contributed by atoms with Crippen LogP contribution in [-0.2, 0) is 32.5 Å². The lowest BCUT2D eigenvalue weighted by molar-refractivity contribution is -0.207. The number of aliphatic hydroxyl groups is 1. The number of allylic oxidation sites excluding steroid dienone is 1. The maximum Gasteiger partial charge on any atom is 0.416 e. The van der Waals surface area contributed by atoms with Crippen LogP contribution in [0.4, 0.5) is 13.2 Å². The van der Waals surface area contributed by atoms with Crippen LogP contribution in [0, 0.1) is 0 Å². The molecule has 39 heavy (non-hydrogen) atoms. The predicted molar refractivity (Wildman–Crippen MR) is 142 cm³/mol. The van der Waals surface area contributed by atoms with E-state index in [1.807, 2.05) is 22.9 Å². The highest BCUT2D eigenvalue weighted by Crippen LogP contribution is 2.29.